The van der Waals surface area contributed by atoms with Gasteiger partial charge in [-0.15, -0.1) is 0 Å². The first-order valence-electron chi connectivity index (χ1n) is 20.3. The summed E-state index contributed by atoms with van der Waals surface area (Å²) in [6.45, 7) is 20.0. The molecule has 0 atom stereocenters. The van der Waals surface area contributed by atoms with Crippen molar-refractivity contribution in [3.05, 3.63) is 168 Å². The summed E-state index contributed by atoms with van der Waals surface area (Å²) in [7, 11) is 0. The van der Waals surface area contributed by atoms with Crippen LogP contribution in [0, 0.1) is 0 Å². The predicted molar refractivity (Wildman–Crippen MR) is 244 cm³/mol. The number of nitrogens with zero attached hydrogens (tertiary/aromatic N) is 3. The fourth-order valence-electron chi connectivity index (χ4n) is 8.03. The Labute approximate surface area is 343 Å². The first-order valence-corrected chi connectivity index (χ1v) is 20.3. The summed E-state index contributed by atoms with van der Waals surface area (Å²) in [6.07, 6.45) is 1.91. The molecule has 1 N–H and O–H groups in total. The Morgan fingerprint density at radius 3 is 1.78 bits per heavy atom. The number of phenolic OH excluding ortho intramolecular Hbond substituents is 1. The number of imidazole rings is 1. The fraction of sp³-hybridized carbons (Fsp3) is 0.222. The van der Waals surface area contributed by atoms with Crippen molar-refractivity contribution in [1.29, 1.82) is 0 Å². The van der Waals surface area contributed by atoms with E-state index in [-0.39, 0.29) is 22.0 Å². The minimum atomic E-state index is -0.269. The zero-order valence-corrected chi connectivity index (χ0v) is 35.2. The topological polar surface area (TPSA) is 50.9 Å². The van der Waals surface area contributed by atoms with Gasteiger partial charge in [-0.3, -0.25) is 9.55 Å². The molecule has 4 nitrogen and oxygen atoms in total. The van der Waals surface area contributed by atoms with E-state index in [0.717, 1.165) is 55.8 Å². The van der Waals surface area contributed by atoms with Gasteiger partial charge < -0.3 is 5.11 Å². The molecule has 0 aliphatic rings. The number of fused-ring (bicyclic) bond motifs is 1. The zero-order valence-electron chi connectivity index (χ0n) is 35.2. The van der Waals surface area contributed by atoms with Crippen LogP contribution in [0.2, 0.25) is 0 Å². The summed E-state index contributed by atoms with van der Waals surface area (Å²) in [4.78, 5) is 10.4. The molecule has 0 radical (unpaired) electrons. The van der Waals surface area contributed by atoms with E-state index >= 15 is 0 Å². The highest BCUT2D eigenvalue weighted by molar-refractivity contribution is 5.97. The molecule has 8 aromatic rings. The maximum Gasteiger partial charge on any atom is 0.149 e. The van der Waals surface area contributed by atoms with Crippen LogP contribution in [-0.4, -0.2) is 19.6 Å². The SMILES string of the molecule is CC(C)(C)c1cc(-c2cc(-c3ccccc3)ccn2)cc(-c2cccc3c2nc(-c2cccc(C(C)(C)C)c2O)n3-c2ccc(-c3ccccc3)c(C(C)(C)C)c2)c1. The summed E-state index contributed by atoms with van der Waals surface area (Å²) in [6, 6.07) is 51.4. The van der Waals surface area contributed by atoms with Crippen LogP contribution < -0.4 is 0 Å². The summed E-state index contributed by atoms with van der Waals surface area (Å²) >= 11 is 0. The number of hydrogen-bond acceptors (Lipinski definition) is 3. The van der Waals surface area contributed by atoms with E-state index in [0.29, 0.717) is 11.4 Å². The van der Waals surface area contributed by atoms with Gasteiger partial charge in [0.25, 0.3) is 0 Å². The van der Waals surface area contributed by atoms with Crippen molar-refractivity contribution in [2.45, 2.75) is 78.6 Å². The number of hydrogen-bond donors (Lipinski definition) is 1. The van der Waals surface area contributed by atoms with E-state index in [2.05, 4.69) is 188 Å². The second-order valence-electron chi connectivity index (χ2n) is 18.6. The van der Waals surface area contributed by atoms with E-state index < -0.39 is 0 Å². The first-order chi connectivity index (χ1) is 27.6. The van der Waals surface area contributed by atoms with E-state index in [1.165, 1.54) is 22.3 Å². The predicted octanol–water partition coefficient (Wildman–Crippen LogP) is 14.4. The molecule has 290 valence electrons. The smallest absolute Gasteiger partial charge is 0.149 e. The third-order valence-electron chi connectivity index (χ3n) is 11.2. The van der Waals surface area contributed by atoms with Crippen molar-refractivity contribution in [3.63, 3.8) is 0 Å². The second kappa shape index (κ2) is 14.6. The molecule has 2 aromatic heterocycles. The Morgan fingerprint density at radius 1 is 0.466 bits per heavy atom. The van der Waals surface area contributed by atoms with Crippen LogP contribution in [-0.2, 0) is 16.2 Å². The van der Waals surface area contributed by atoms with E-state index in [9.17, 15) is 5.11 Å². The largest absolute Gasteiger partial charge is 0.507 e. The normalized spacial score (nSPS) is 12.3. The average Bonchev–Trinajstić information content (AvgIpc) is 3.60. The number of pyridine rings is 1. The van der Waals surface area contributed by atoms with Gasteiger partial charge in [-0.2, -0.15) is 0 Å². The highest BCUT2D eigenvalue weighted by Gasteiger charge is 2.27. The number of aromatic nitrogens is 3. The lowest BCUT2D eigenvalue weighted by atomic mass is 9.81. The molecule has 0 unspecified atom stereocenters. The molecular weight excluding hydrogens is 707 g/mol. The lowest BCUT2D eigenvalue weighted by Gasteiger charge is -2.25. The van der Waals surface area contributed by atoms with Crippen molar-refractivity contribution in [3.8, 4) is 67.5 Å². The Bertz CT molecular complexity index is 2770. The van der Waals surface area contributed by atoms with Gasteiger partial charge in [-0.25, -0.2) is 4.98 Å². The Kier molecular flexibility index (Phi) is 9.72. The Morgan fingerprint density at radius 2 is 1.10 bits per heavy atom. The minimum absolute atomic E-state index is 0.122. The van der Waals surface area contributed by atoms with Crippen LogP contribution in [0.15, 0.2) is 152 Å². The number of aromatic hydroxyl groups is 1. The van der Waals surface area contributed by atoms with Crippen molar-refractivity contribution in [1.82, 2.24) is 14.5 Å². The lowest BCUT2D eigenvalue weighted by Crippen LogP contribution is -2.14. The van der Waals surface area contributed by atoms with Gasteiger partial charge >= 0.3 is 0 Å². The van der Waals surface area contributed by atoms with Gasteiger partial charge in [0, 0.05) is 23.0 Å². The molecule has 0 bridgehead atoms. The molecule has 0 amide bonds. The summed E-state index contributed by atoms with van der Waals surface area (Å²) in [5, 5.41) is 12.1. The highest BCUT2D eigenvalue weighted by atomic mass is 16.3. The lowest BCUT2D eigenvalue weighted by molar-refractivity contribution is 0.448. The Balaban J connectivity index is 1.40. The first kappa shape index (κ1) is 38.6. The van der Waals surface area contributed by atoms with Gasteiger partial charge in [0.1, 0.15) is 11.6 Å². The van der Waals surface area contributed by atoms with E-state index in [1.54, 1.807) is 0 Å². The highest BCUT2D eigenvalue weighted by Crippen LogP contribution is 2.44. The second-order valence-corrected chi connectivity index (χ2v) is 18.6. The van der Waals surface area contributed by atoms with Gasteiger partial charge in [-0.1, -0.05) is 159 Å². The molecule has 0 saturated carbocycles. The van der Waals surface area contributed by atoms with Gasteiger partial charge in [-0.05, 0) is 109 Å². The van der Waals surface area contributed by atoms with Crippen molar-refractivity contribution in [2.75, 3.05) is 0 Å². The van der Waals surface area contributed by atoms with Crippen molar-refractivity contribution >= 4 is 11.0 Å². The number of para-hydroxylation sites is 2. The van der Waals surface area contributed by atoms with Crippen LogP contribution in [0.5, 0.6) is 5.75 Å². The third kappa shape index (κ3) is 7.36. The maximum absolute atomic E-state index is 12.1. The standard InChI is InChI=1S/C54H53N3O/c1-52(2,3)40-31-38(30-39(32-40)47-33-37(28-29-55-47)35-18-12-10-13-19-35)43-22-17-25-48-49(43)56-51(44-23-16-24-45(50(44)58)53(4,5)6)57(48)41-26-27-42(36-20-14-11-15-21-36)46(34-41)54(7,8)9/h10-34,58H,1-9H3. The van der Waals surface area contributed by atoms with Crippen LogP contribution >= 0.6 is 0 Å². The van der Waals surface area contributed by atoms with E-state index in [4.69, 9.17) is 9.97 Å². The summed E-state index contributed by atoms with van der Waals surface area (Å²) in [5.41, 5.74) is 15.1. The molecule has 0 spiro atoms. The third-order valence-corrected chi connectivity index (χ3v) is 11.2. The molecule has 0 saturated heterocycles. The van der Waals surface area contributed by atoms with Crippen molar-refractivity contribution < 1.29 is 5.11 Å². The number of phenols is 1. The van der Waals surface area contributed by atoms with E-state index in [1.807, 2.05) is 30.5 Å². The fourth-order valence-corrected chi connectivity index (χ4v) is 8.03. The van der Waals surface area contributed by atoms with Gasteiger partial charge in [0.2, 0.25) is 0 Å². The van der Waals surface area contributed by atoms with Crippen LogP contribution in [0.3, 0.4) is 0 Å². The summed E-state index contributed by atoms with van der Waals surface area (Å²) in [5.74, 6) is 0.953. The van der Waals surface area contributed by atoms with Crippen LogP contribution in [0.25, 0.3) is 72.7 Å². The molecule has 0 fully saturated rings. The number of rotatable bonds is 6. The summed E-state index contributed by atoms with van der Waals surface area (Å²) < 4.78 is 2.24. The molecule has 0 aliphatic heterocycles. The molecular formula is C54H53N3O. The number of benzene rings is 6. The monoisotopic (exact) mass is 759 g/mol. The molecule has 2 heterocycles. The van der Waals surface area contributed by atoms with Crippen LogP contribution in [0.1, 0.15) is 79.0 Å². The maximum atomic E-state index is 12.1. The molecule has 6 aromatic carbocycles. The van der Waals surface area contributed by atoms with Gasteiger partial charge in [0.15, 0.2) is 0 Å². The van der Waals surface area contributed by atoms with Crippen molar-refractivity contribution in [2.24, 2.45) is 0 Å². The Hall–Kier alpha value is -6.26. The average molecular weight is 760 g/mol. The van der Waals surface area contributed by atoms with Crippen LogP contribution in [0.4, 0.5) is 0 Å². The molecule has 8 rings (SSSR count). The molecule has 0 aliphatic carbocycles. The zero-order chi connectivity index (χ0) is 41.0. The molecule has 4 heteroatoms. The molecule has 58 heavy (non-hydrogen) atoms. The minimum Gasteiger partial charge on any atom is -0.507 e. The van der Waals surface area contributed by atoms with Gasteiger partial charge in [0.05, 0.1) is 22.3 Å². The quantitative estimate of drug-likeness (QED) is 0.184.